The van der Waals surface area contributed by atoms with Gasteiger partial charge in [0.25, 0.3) is 0 Å². The zero-order chi connectivity index (χ0) is 11.1. The molecule has 0 spiro atoms. The van der Waals surface area contributed by atoms with Crippen LogP contribution in [0.4, 0.5) is 0 Å². The number of ketones is 1. The van der Waals surface area contributed by atoms with Gasteiger partial charge in [0.05, 0.1) is 6.10 Å². The van der Waals surface area contributed by atoms with Gasteiger partial charge in [0.15, 0.2) is 5.78 Å². The third-order valence-electron chi connectivity index (χ3n) is 3.12. The molecule has 0 radical (unpaired) electrons. The van der Waals surface area contributed by atoms with Crippen molar-refractivity contribution in [2.24, 2.45) is 0 Å². The Hall–Kier alpha value is -0.370. The second-order valence-electron chi connectivity index (χ2n) is 4.64. The van der Waals surface area contributed by atoms with Crippen molar-refractivity contribution in [2.75, 3.05) is 0 Å². The van der Waals surface area contributed by atoms with Gasteiger partial charge in [-0.2, -0.15) is 0 Å². The minimum Gasteiger partial charge on any atom is -0.368 e. The summed E-state index contributed by atoms with van der Waals surface area (Å²) in [4.78, 5) is 11.7. The van der Waals surface area contributed by atoms with Crippen molar-refractivity contribution in [1.82, 2.24) is 0 Å². The van der Waals surface area contributed by atoms with Crippen LogP contribution < -0.4 is 0 Å². The lowest BCUT2D eigenvalue weighted by Crippen LogP contribution is -2.20. The first-order valence-electron chi connectivity index (χ1n) is 6.42. The molecule has 1 rings (SSSR count). The highest BCUT2D eigenvalue weighted by molar-refractivity contribution is 5.83. The molecule has 1 aliphatic heterocycles. The monoisotopic (exact) mass is 212 g/mol. The Kier molecular flexibility index (Phi) is 5.92. The van der Waals surface area contributed by atoms with E-state index in [1.54, 1.807) is 0 Å². The van der Waals surface area contributed by atoms with E-state index in [0.717, 1.165) is 25.7 Å². The molecule has 0 bridgehead atoms. The highest BCUT2D eigenvalue weighted by Gasteiger charge is 2.27. The van der Waals surface area contributed by atoms with Crippen molar-refractivity contribution in [3.63, 3.8) is 0 Å². The summed E-state index contributed by atoms with van der Waals surface area (Å²) >= 11 is 0. The van der Waals surface area contributed by atoms with Gasteiger partial charge >= 0.3 is 0 Å². The Labute approximate surface area is 93.4 Å². The van der Waals surface area contributed by atoms with Crippen molar-refractivity contribution in [3.05, 3.63) is 0 Å². The lowest BCUT2D eigenvalue weighted by atomic mass is 10.0. The number of Topliss-reactive ketones (excluding diaryl/α,β-unsaturated/α-hetero) is 1. The maximum Gasteiger partial charge on any atom is 0.161 e. The molecule has 0 aliphatic carbocycles. The van der Waals surface area contributed by atoms with Crippen molar-refractivity contribution < 1.29 is 9.53 Å². The van der Waals surface area contributed by atoms with Crippen molar-refractivity contribution in [1.29, 1.82) is 0 Å². The van der Waals surface area contributed by atoms with Gasteiger partial charge in [-0.25, -0.2) is 0 Å². The molecule has 15 heavy (non-hydrogen) atoms. The van der Waals surface area contributed by atoms with E-state index >= 15 is 0 Å². The van der Waals surface area contributed by atoms with Crippen LogP contribution >= 0.6 is 0 Å². The molecule has 2 unspecified atom stereocenters. The quantitative estimate of drug-likeness (QED) is 0.604. The molecule has 0 aromatic carbocycles. The first kappa shape index (κ1) is 12.7. The molecule has 0 N–H and O–H groups in total. The van der Waals surface area contributed by atoms with Crippen LogP contribution in [-0.4, -0.2) is 18.0 Å². The maximum absolute atomic E-state index is 11.7. The Morgan fingerprint density at radius 1 is 1.20 bits per heavy atom. The fourth-order valence-electron chi connectivity index (χ4n) is 2.10. The maximum atomic E-state index is 11.7. The molecule has 1 fully saturated rings. The molecule has 0 aromatic rings. The van der Waals surface area contributed by atoms with Gasteiger partial charge in [-0.15, -0.1) is 0 Å². The zero-order valence-corrected chi connectivity index (χ0v) is 10.1. The summed E-state index contributed by atoms with van der Waals surface area (Å²) < 4.78 is 5.55. The highest BCUT2D eigenvalue weighted by Crippen LogP contribution is 2.21. The van der Waals surface area contributed by atoms with E-state index in [-0.39, 0.29) is 6.10 Å². The second kappa shape index (κ2) is 7.00. The van der Waals surface area contributed by atoms with Crippen LogP contribution in [0.15, 0.2) is 0 Å². The predicted molar refractivity (Wildman–Crippen MR) is 62.0 cm³/mol. The number of carbonyl (C=O) groups is 1. The molecule has 0 amide bonds. The number of carbonyl (C=O) groups excluding carboxylic acids is 1. The molecule has 1 saturated heterocycles. The first-order valence-corrected chi connectivity index (χ1v) is 6.42. The zero-order valence-electron chi connectivity index (χ0n) is 10.1. The van der Waals surface area contributed by atoms with Gasteiger partial charge in [0.2, 0.25) is 0 Å². The number of unbranched alkanes of at least 4 members (excludes halogenated alkanes) is 4. The van der Waals surface area contributed by atoms with Crippen LogP contribution in [0.2, 0.25) is 0 Å². The fraction of sp³-hybridized carbons (Fsp3) is 0.923. The van der Waals surface area contributed by atoms with E-state index in [2.05, 4.69) is 13.8 Å². The van der Waals surface area contributed by atoms with Gasteiger partial charge in [-0.1, -0.05) is 32.6 Å². The fourth-order valence-corrected chi connectivity index (χ4v) is 2.10. The number of hydrogen-bond donors (Lipinski definition) is 0. The summed E-state index contributed by atoms with van der Waals surface area (Å²) in [7, 11) is 0. The Morgan fingerprint density at radius 2 is 1.93 bits per heavy atom. The van der Waals surface area contributed by atoms with E-state index in [1.165, 1.54) is 25.7 Å². The molecular weight excluding hydrogens is 188 g/mol. The number of ether oxygens (including phenoxy) is 1. The lowest BCUT2D eigenvalue weighted by molar-refractivity contribution is -0.129. The Morgan fingerprint density at radius 3 is 2.53 bits per heavy atom. The third-order valence-corrected chi connectivity index (χ3v) is 3.12. The van der Waals surface area contributed by atoms with Gasteiger partial charge in [0.1, 0.15) is 6.10 Å². The SMILES string of the molecule is CCCCCCCC(=O)C1CCC(C)O1. The molecular formula is C13H24O2. The molecule has 2 nitrogen and oxygen atoms in total. The van der Waals surface area contributed by atoms with Crippen LogP contribution in [0.5, 0.6) is 0 Å². The van der Waals surface area contributed by atoms with Gasteiger partial charge in [-0.05, 0) is 26.2 Å². The summed E-state index contributed by atoms with van der Waals surface area (Å²) in [5.74, 6) is 0.329. The topological polar surface area (TPSA) is 26.3 Å². The number of hydrogen-bond acceptors (Lipinski definition) is 2. The van der Waals surface area contributed by atoms with Gasteiger partial charge < -0.3 is 4.74 Å². The van der Waals surface area contributed by atoms with Crippen molar-refractivity contribution >= 4 is 5.78 Å². The smallest absolute Gasteiger partial charge is 0.161 e. The Balaban J connectivity index is 2.03. The van der Waals surface area contributed by atoms with Crippen LogP contribution in [0, 0.1) is 0 Å². The standard InChI is InChI=1S/C13H24O2/c1-3-4-5-6-7-8-12(14)13-10-9-11(2)15-13/h11,13H,3-10H2,1-2H3. The van der Waals surface area contributed by atoms with E-state index in [1.807, 2.05) is 0 Å². The van der Waals surface area contributed by atoms with Gasteiger partial charge in [0, 0.05) is 6.42 Å². The van der Waals surface area contributed by atoms with Gasteiger partial charge in [-0.3, -0.25) is 4.79 Å². The molecule has 1 aliphatic rings. The second-order valence-corrected chi connectivity index (χ2v) is 4.64. The molecule has 88 valence electrons. The van der Waals surface area contributed by atoms with E-state index < -0.39 is 0 Å². The minimum absolute atomic E-state index is 0.0776. The molecule has 2 heteroatoms. The molecule has 1 heterocycles. The predicted octanol–water partition coefficient (Wildman–Crippen LogP) is 3.48. The van der Waals surface area contributed by atoms with Crippen molar-refractivity contribution in [3.8, 4) is 0 Å². The summed E-state index contributed by atoms with van der Waals surface area (Å²) in [5.41, 5.74) is 0. The van der Waals surface area contributed by atoms with Crippen LogP contribution in [0.3, 0.4) is 0 Å². The van der Waals surface area contributed by atoms with Crippen LogP contribution in [0.1, 0.15) is 65.2 Å². The summed E-state index contributed by atoms with van der Waals surface area (Å²) in [6.45, 7) is 4.26. The average Bonchev–Trinajstić information content (AvgIpc) is 2.64. The summed E-state index contributed by atoms with van der Waals surface area (Å²) in [6.07, 6.45) is 9.00. The minimum atomic E-state index is -0.0776. The van der Waals surface area contributed by atoms with Crippen LogP contribution in [0.25, 0.3) is 0 Å². The Bertz CT molecular complexity index is 189. The van der Waals surface area contributed by atoms with E-state index in [9.17, 15) is 4.79 Å². The third kappa shape index (κ3) is 4.78. The highest BCUT2D eigenvalue weighted by atomic mass is 16.5. The number of rotatable bonds is 7. The average molecular weight is 212 g/mol. The lowest BCUT2D eigenvalue weighted by Gasteiger charge is -2.09. The summed E-state index contributed by atoms with van der Waals surface area (Å²) in [6, 6.07) is 0. The molecule has 0 aromatic heterocycles. The summed E-state index contributed by atoms with van der Waals surface area (Å²) in [5, 5.41) is 0. The van der Waals surface area contributed by atoms with Crippen molar-refractivity contribution in [2.45, 2.75) is 77.4 Å². The van der Waals surface area contributed by atoms with E-state index in [4.69, 9.17) is 4.74 Å². The van der Waals surface area contributed by atoms with E-state index in [0.29, 0.717) is 11.9 Å². The van der Waals surface area contributed by atoms with Crippen LogP contribution in [-0.2, 0) is 9.53 Å². The molecule has 2 atom stereocenters. The largest absolute Gasteiger partial charge is 0.368 e. The molecule has 0 saturated carbocycles. The first-order chi connectivity index (χ1) is 7.24. The normalized spacial score (nSPS) is 25.7.